The molecule has 36 heavy (non-hydrogen) atoms. The van der Waals surface area contributed by atoms with Crippen LogP contribution in [0.1, 0.15) is 49.4 Å². The topological polar surface area (TPSA) is 110 Å². The third-order valence-corrected chi connectivity index (χ3v) is 5.57. The zero-order chi connectivity index (χ0) is 25.9. The fourth-order valence-electron chi connectivity index (χ4n) is 3.67. The summed E-state index contributed by atoms with van der Waals surface area (Å²) in [6, 6.07) is 12.9. The molecule has 0 radical (unpaired) electrons. The van der Waals surface area contributed by atoms with Gasteiger partial charge in [0.2, 0.25) is 5.91 Å². The Kier molecular flexibility index (Phi) is 6.87. The fraction of sp³-hybridized carbons (Fsp3) is 0.214. The summed E-state index contributed by atoms with van der Waals surface area (Å²) in [5, 5.41) is 5.64. The lowest BCUT2D eigenvalue weighted by molar-refractivity contribution is -0.114. The molecule has 0 bridgehead atoms. The Hall–Kier alpha value is -4.46. The highest BCUT2D eigenvalue weighted by atomic mass is 16.2. The number of pyridine rings is 4. The summed E-state index contributed by atoms with van der Waals surface area (Å²) >= 11 is 0. The van der Waals surface area contributed by atoms with Gasteiger partial charge in [0.05, 0.1) is 17.6 Å². The highest BCUT2D eigenvalue weighted by Crippen LogP contribution is 2.29. The van der Waals surface area contributed by atoms with Crippen LogP contribution in [0.3, 0.4) is 0 Å². The molecular weight excluding hydrogens is 452 g/mol. The van der Waals surface area contributed by atoms with E-state index in [0.29, 0.717) is 17.1 Å². The summed E-state index contributed by atoms with van der Waals surface area (Å²) in [4.78, 5) is 41.9. The zero-order valence-corrected chi connectivity index (χ0v) is 21.0. The molecule has 0 saturated heterocycles. The average molecular weight is 481 g/mol. The molecule has 4 rings (SSSR count). The van der Waals surface area contributed by atoms with Gasteiger partial charge in [0.1, 0.15) is 5.82 Å². The molecule has 4 heterocycles. The smallest absolute Gasteiger partial charge is 0.255 e. The summed E-state index contributed by atoms with van der Waals surface area (Å²) in [7, 11) is 0. The van der Waals surface area contributed by atoms with E-state index in [1.807, 2.05) is 37.3 Å². The van der Waals surface area contributed by atoms with E-state index in [4.69, 9.17) is 0 Å². The molecule has 4 aromatic rings. The lowest BCUT2D eigenvalue weighted by Gasteiger charge is -2.18. The minimum atomic E-state index is -0.225. The normalized spacial score (nSPS) is 11.1. The Labute approximate surface area is 210 Å². The van der Waals surface area contributed by atoms with Crippen molar-refractivity contribution in [2.24, 2.45) is 0 Å². The largest absolute Gasteiger partial charge is 0.321 e. The molecule has 8 heteroatoms. The van der Waals surface area contributed by atoms with Gasteiger partial charge in [-0.25, -0.2) is 4.98 Å². The van der Waals surface area contributed by atoms with Crippen LogP contribution in [-0.2, 0) is 10.2 Å². The standard InChI is InChI=1S/C28H28N6O2/c1-17-23(19-6-9-29-24(12-19)20-7-11-31-26(14-20)33-18(2)35)15-22(16-32-17)34-27(36)21-8-10-30-25(13-21)28(3,4)5/h6-16H,1-5H3,(H,34,36)(H,31,33,35). The van der Waals surface area contributed by atoms with Crippen LogP contribution >= 0.6 is 0 Å². The number of hydrogen-bond donors (Lipinski definition) is 2. The van der Waals surface area contributed by atoms with Gasteiger partial charge in [-0.05, 0) is 55.0 Å². The maximum absolute atomic E-state index is 13.0. The van der Waals surface area contributed by atoms with Gasteiger partial charge < -0.3 is 10.6 Å². The Morgan fingerprint density at radius 1 is 0.806 bits per heavy atom. The van der Waals surface area contributed by atoms with Gasteiger partial charge in [-0.1, -0.05) is 20.8 Å². The van der Waals surface area contributed by atoms with Crippen LogP contribution in [0.4, 0.5) is 11.5 Å². The first-order chi connectivity index (χ1) is 17.1. The minimum Gasteiger partial charge on any atom is -0.321 e. The summed E-state index contributed by atoms with van der Waals surface area (Å²) < 4.78 is 0. The van der Waals surface area contributed by atoms with Crippen LogP contribution in [0.2, 0.25) is 0 Å². The van der Waals surface area contributed by atoms with Crippen LogP contribution in [0.15, 0.2) is 67.3 Å². The molecule has 182 valence electrons. The number of rotatable bonds is 5. The third-order valence-electron chi connectivity index (χ3n) is 5.57. The molecule has 4 aromatic heterocycles. The van der Waals surface area contributed by atoms with E-state index in [1.165, 1.54) is 6.92 Å². The molecule has 0 saturated carbocycles. The van der Waals surface area contributed by atoms with Crippen molar-refractivity contribution in [1.29, 1.82) is 0 Å². The molecule has 0 aliphatic carbocycles. The summed E-state index contributed by atoms with van der Waals surface area (Å²) in [6.45, 7) is 9.53. The van der Waals surface area contributed by atoms with Crippen molar-refractivity contribution in [2.45, 2.75) is 40.0 Å². The van der Waals surface area contributed by atoms with Crippen LogP contribution < -0.4 is 10.6 Å². The molecular formula is C28H28N6O2. The minimum absolute atomic E-state index is 0.161. The Morgan fingerprint density at radius 3 is 2.28 bits per heavy atom. The zero-order valence-electron chi connectivity index (χ0n) is 21.0. The van der Waals surface area contributed by atoms with Gasteiger partial charge in [0, 0.05) is 59.0 Å². The van der Waals surface area contributed by atoms with Crippen molar-refractivity contribution in [1.82, 2.24) is 19.9 Å². The third kappa shape index (κ3) is 5.78. The maximum Gasteiger partial charge on any atom is 0.255 e. The van der Waals surface area contributed by atoms with E-state index in [9.17, 15) is 9.59 Å². The SMILES string of the molecule is CC(=O)Nc1cc(-c2cc(-c3cc(NC(=O)c4ccnc(C(C)(C)C)c4)cnc3C)ccn2)ccn1. The monoisotopic (exact) mass is 480 g/mol. The lowest BCUT2D eigenvalue weighted by atomic mass is 9.91. The highest BCUT2D eigenvalue weighted by molar-refractivity contribution is 6.04. The molecule has 0 fully saturated rings. The van der Waals surface area contributed by atoms with E-state index >= 15 is 0 Å². The number of aryl methyl sites for hydroxylation is 1. The second-order valence-electron chi connectivity index (χ2n) is 9.53. The summed E-state index contributed by atoms with van der Waals surface area (Å²) in [6.07, 6.45) is 6.65. The van der Waals surface area contributed by atoms with Gasteiger partial charge in [-0.2, -0.15) is 0 Å². The van der Waals surface area contributed by atoms with Crippen LogP contribution in [0.5, 0.6) is 0 Å². The molecule has 0 aliphatic rings. The number of hydrogen-bond acceptors (Lipinski definition) is 6. The highest BCUT2D eigenvalue weighted by Gasteiger charge is 2.18. The number of carbonyl (C=O) groups is 2. The first kappa shape index (κ1) is 24.7. The number of aromatic nitrogens is 4. The number of nitrogens with zero attached hydrogens (tertiary/aromatic N) is 4. The van der Waals surface area contributed by atoms with Crippen molar-refractivity contribution >= 4 is 23.3 Å². The van der Waals surface area contributed by atoms with Crippen LogP contribution in [-0.4, -0.2) is 31.8 Å². The van der Waals surface area contributed by atoms with Crippen molar-refractivity contribution in [2.75, 3.05) is 10.6 Å². The molecule has 0 aliphatic heterocycles. The predicted octanol–water partition coefficient (Wildman–Crippen LogP) is 5.42. The van der Waals surface area contributed by atoms with Crippen LogP contribution in [0, 0.1) is 6.92 Å². The molecule has 0 atom stereocenters. The van der Waals surface area contributed by atoms with Gasteiger partial charge in [0.25, 0.3) is 5.91 Å². The van der Waals surface area contributed by atoms with Crippen molar-refractivity contribution < 1.29 is 9.59 Å². The second kappa shape index (κ2) is 10.0. The van der Waals surface area contributed by atoms with E-state index < -0.39 is 0 Å². The Balaban J connectivity index is 1.62. The molecule has 8 nitrogen and oxygen atoms in total. The number of nitrogens with one attached hydrogen (secondary N) is 2. The summed E-state index contributed by atoms with van der Waals surface area (Å²) in [5.41, 5.74) is 5.94. The molecule has 2 N–H and O–H groups in total. The van der Waals surface area contributed by atoms with Gasteiger partial charge in [0.15, 0.2) is 0 Å². The van der Waals surface area contributed by atoms with Gasteiger partial charge in [-0.3, -0.25) is 24.5 Å². The van der Waals surface area contributed by atoms with E-state index in [0.717, 1.165) is 33.8 Å². The van der Waals surface area contributed by atoms with Gasteiger partial charge in [-0.15, -0.1) is 0 Å². The van der Waals surface area contributed by atoms with Crippen molar-refractivity contribution in [3.05, 3.63) is 84.2 Å². The van der Waals surface area contributed by atoms with Crippen molar-refractivity contribution in [3.63, 3.8) is 0 Å². The summed E-state index contributed by atoms with van der Waals surface area (Å²) in [5.74, 6) is 0.0426. The average Bonchev–Trinajstić information content (AvgIpc) is 2.84. The maximum atomic E-state index is 13.0. The predicted molar refractivity (Wildman–Crippen MR) is 141 cm³/mol. The molecule has 0 unspecified atom stereocenters. The Bertz CT molecular complexity index is 1440. The number of amides is 2. The second-order valence-corrected chi connectivity index (χ2v) is 9.53. The quantitative estimate of drug-likeness (QED) is 0.395. The van der Waals surface area contributed by atoms with E-state index in [-0.39, 0.29) is 17.2 Å². The molecule has 0 aromatic carbocycles. The first-order valence-electron chi connectivity index (χ1n) is 11.5. The number of anilines is 2. The van der Waals surface area contributed by atoms with Crippen LogP contribution in [0.25, 0.3) is 22.4 Å². The van der Waals surface area contributed by atoms with Gasteiger partial charge >= 0.3 is 0 Å². The Morgan fingerprint density at radius 2 is 1.53 bits per heavy atom. The van der Waals surface area contributed by atoms with E-state index in [2.05, 4.69) is 51.3 Å². The fourth-order valence-corrected chi connectivity index (χ4v) is 3.67. The lowest BCUT2D eigenvalue weighted by Crippen LogP contribution is -2.17. The number of carbonyl (C=O) groups excluding carboxylic acids is 2. The first-order valence-corrected chi connectivity index (χ1v) is 11.5. The van der Waals surface area contributed by atoms with Crippen molar-refractivity contribution in [3.8, 4) is 22.4 Å². The molecule has 2 amide bonds. The molecule has 0 spiro atoms. The van der Waals surface area contributed by atoms with E-state index in [1.54, 1.807) is 36.9 Å².